The van der Waals surface area contributed by atoms with Gasteiger partial charge in [-0.1, -0.05) is 102 Å². The number of rotatable bonds is 6. The van der Waals surface area contributed by atoms with Gasteiger partial charge in [0.1, 0.15) is 12.4 Å². The summed E-state index contributed by atoms with van der Waals surface area (Å²) in [6.07, 6.45) is 1.88. The normalized spacial score (nSPS) is 15.1. The minimum atomic E-state index is -0.645. The number of carbonyl (C=O) groups is 1. The summed E-state index contributed by atoms with van der Waals surface area (Å²) in [6, 6.07) is 30.8. The highest BCUT2D eigenvalue weighted by molar-refractivity contribution is 7.07. The Bertz CT molecular complexity index is 1940. The molecule has 1 atom stereocenters. The van der Waals surface area contributed by atoms with Gasteiger partial charge >= 0.3 is 5.97 Å². The molecule has 40 heavy (non-hydrogen) atoms. The van der Waals surface area contributed by atoms with Crippen LogP contribution in [0.2, 0.25) is 0 Å². The first-order valence-corrected chi connectivity index (χ1v) is 13.7. The summed E-state index contributed by atoms with van der Waals surface area (Å²) in [4.78, 5) is 32.1. The molecular weight excluding hydrogens is 520 g/mol. The largest absolute Gasteiger partial charge is 0.488 e. The molecule has 0 bridgehead atoms. The molecule has 7 heteroatoms. The Morgan fingerprint density at radius 3 is 2.40 bits per heavy atom. The van der Waals surface area contributed by atoms with Crippen molar-refractivity contribution in [2.75, 3.05) is 7.11 Å². The summed E-state index contributed by atoms with van der Waals surface area (Å²) in [5.41, 5.74) is 3.33. The summed E-state index contributed by atoms with van der Waals surface area (Å²) in [5, 5.41) is 2.02. The molecule has 0 amide bonds. The Hall–Kier alpha value is -4.75. The molecule has 0 radical (unpaired) electrons. The van der Waals surface area contributed by atoms with E-state index < -0.39 is 12.0 Å². The predicted molar refractivity (Wildman–Crippen MR) is 157 cm³/mol. The Balaban J connectivity index is 1.54. The van der Waals surface area contributed by atoms with E-state index in [0.29, 0.717) is 33.0 Å². The Labute approximate surface area is 234 Å². The molecule has 0 N–H and O–H groups in total. The zero-order valence-corrected chi connectivity index (χ0v) is 22.9. The number of hydrogen-bond donors (Lipinski definition) is 0. The molecule has 5 aromatic rings. The van der Waals surface area contributed by atoms with Crippen molar-refractivity contribution < 1.29 is 14.3 Å². The molecule has 0 saturated heterocycles. The van der Waals surface area contributed by atoms with Crippen molar-refractivity contribution in [3.05, 3.63) is 145 Å². The van der Waals surface area contributed by atoms with Gasteiger partial charge in [0, 0.05) is 5.56 Å². The van der Waals surface area contributed by atoms with Crippen LogP contribution in [-0.4, -0.2) is 17.6 Å². The van der Waals surface area contributed by atoms with E-state index in [1.54, 1.807) is 11.5 Å². The Kier molecular flexibility index (Phi) is 6.88. The van der Waals surface area contributed by atoms with Crippen molar-refractivity contribution in [3.8, 4) is 5.75 Å². The fourth-order valence-electron chi connectivity index (χ4n) is 5.06. The number of allylic oxidation sites excluding steroid dienone is 1. The second-order valence-electron chi connectivity index (χ2n) is 9.46. The first-order chi connectivity index (χ1) is 19.5. The lowest BCUT2D eigenvalue weighted by atomic mass is 9.96. The van der Waals surface area contributed by atoms with Crippen molar-refractivity contribution in [3.63, 3.8) is 0 Å². The monoisotopic (exact) mass is 546 g/mol. The summed E-state index contributed by atoms with van der Waals surface area (Å²) in [7, 11) is 1.34. The van der Waals surface area contributed by atoms with Gasteiger partial charge in [-0.2, -0.15) is 0 Å². The van der Waals surface area contributed by atoms with Crippen LogP contribution < -0.4 is 19.6 Å². The first-order valence-electron chi connectivity index (χ1n) is 12.9. The van der Waals surface area contributed by atoms with Crippen molar-refractivity contribution >= 4 is 34.2 Å². The second kappa shape index (κ2) is 10.8. The average molecular weight is 547 g/mol. The van der Waals surface area contributed by atoms with Crippen LogP contribution in [0.4, 0.5) is 0 Å². The molecule has 0 spiro atoms. The molecule has 0 aliphatic carbocycles. The third kappa shape index (κ3) is 4.65. The molecule has 0 saturated carbocycles. The molecule has 6 nitrogen and oxygen atoms in total. The van der Waals surface area contributed by atoms with Crippen LogP contribution in [-0.2, 0) is 16.1 Å². The summed E-state index contributed by atoms with van der Waals surface area (Å²) < 4.78 is 13.5. The number of aromatic nitrogens is 1. The number of hydrogen-bond acceptors (Lipinski definition) is 6. The molecule has 1 unspecified atom stereocenters. The van der Waals surface area contributed by atoms with E-state index in [1.807, 2.05) is 103 Å². The zero-order valence-electron chi connectivity index (χ0n) is 22.0. The molecule has 1 aliphatic rings. The van der Waals surface area contributed by atoms with Gasteiger partial charge < -0.3 is 9.47 Å². The van der Waals surface area contributed by atoms with Gasteiger partial charge in [0.25, 0.3) is 5.56 Å². The number of esters is 1. The van der Waals surface area contributed by atoms with Crippen LogP contribution in [0.15, 0.2) is 118 Å². The van der Waals surface area contributed by atoms with E-state index in [4.69, 9.17) is 9.47 Å². The lowest BCUT2D eigenvalue weighted by molar-refractivity contribution is -0.136. The standard InChI is InChI=1S/C33H26N2O4S/c1-21-29(32(37)38-2)30(24-14-7-4-8-15-24)35-31(36)28(40-33(35)34-21)19-26-25-16-10-9-13-23(25)17-18-27(26)39-20-22-11-5-3-6-12-22/h3-19,30H,20H2,1-2H3. The highest BCUT2D eigenvalue weighted by Gasteiger charge is 2.33. The van der Waals surface area contributed by atoms with Crippen LogP contribution in [0.25, 0.3) is 16.8 Å². The van der Waals surface area contributed by atoms with E-state index in [2.05, 4.69) is 4.99 Å². The van der Waals surface area contributed by atoms with Crippen molar-refractivity contribution in [2.24, 2.45) is 4.99 Å². The van der Waals surface area contributed by atoms with Gasteiger partial charge in [0.05, 0.1) is 29.0 Å². The molecule has 6 rings (SSSR count). The number of benzene rings is 4. The van der Waals surface area contributed by atoms with Gasteiger partial charge in [-0.3, -0.25) is 9.36 Å². The summed E-state index contributed by atoms with van der Waals surface area (Å²) >= 11 is 1.30. The number of carbonyl (C=O) groups excluding carboxylic acids is 1. The summed E-state index contributed by atoms with van der Waals surface area (Å²) in [6.45, 7) is 2.18. The topological polar surface area (TPSA) is 69.9 Å². The van der Waals surface area contributed by atoms with E-state index in [0.717, 1.165) is 27.5 Å². The minimum Gasteiger partial charge on any atom is -0.488 e. The molecule has 198 valence electrons. The van der Waals surface area contributed by atoms with Gasteiger partial charge in [0.15, 0.2) is 4.80 Å². The van der Waals surface area contributed by atoms with Crippen molar-refractivity contribution in [2.45, 2.75) is 19.6 Å². The van der Waals surface area contributed by atoms with Gasteiger partial charge in [-0.15, -0.1) is 0 Å². The lowest BCUT2D eigenvalue weighted by Gasteiger charge is -2.24. The SMILES string of the molecule is COC(=O)C1=C(C)N=c2sc(=Cc3c(OCc4ccccc4)ccc4ccccc34)c(=O)n2C1c1ccccc1. The number of methoxy groups -OCH3 is 1. The quantitative estimate of drug-likeness (QED) is 0.277. The molecule has 1 aromatic heterocycles. The van der Waals surface area contributed by atoms with Crippen LogP contribution in [0.3, 0.4) is 0 Å². The first kappa shape index (κ1) is 25.5. The maximum absolute atomic E-state index is 14.1. The summed E-state index contributed by atoms with van der Waals surface area (Å²) in [5.74, 6) is 0.175. The van der Waals surface area contributed by atoms with Crippen LogP contribution in [0, 0.1) is 0 Å². The molecule has 0 fully saturated rings. The maximum atomic E-state index is 14.1. The van der Waals surface area contributed by atoms with E-state index in [9.17, 15) is 9.59 Å². The van der Waals surface area contributed by atoms with Gasteiger partial charge in [0.2, 0.25) is 0 Å². The zero-order chi connectivity index (χ0) is 27.6. The number of ether oxygens (including phenoxy) is 2. The highest BCUT2D eigenvalue weighted by Crippen LogP contribution is 2.31. The smallest absolute Gasteiger partial charge is 0.338 e. The molecule has 1 aliphatic heterocycles. The predicted octanol–water partition coefficient (Wildman–Crippen LogP) is 5.14. The van der Waals surface area contributed by atoms with E-state index >= 15 is 0 Å². The molecule has 4 aromatic carbocycles. The maximum Gasteiger partial charge on any atom is 0.338 e. The Morgan fingerprint density at radius 1 is 0.950 bits per heavy atom. The average Bonchev–Trinajstić information content (AvgIpc) is 3.30. The van der Waals surface area contributed by atoms with Crippen molar-refractivity contribution in [1.29, 1.82) is 0 Å². The minimum absolute atomic E-state index is 0.228. The Morgan fingerprint density at radius 2 is 1.65 bits per heavy atom. The van der Waals surface area contributed by atoms with E-state index in [1.165, 1.54) is 18.4 Å². The van der Waals surface area contributed by atoms with E-state index in [-0.39, 0.29) is 5.56 Å². The third-order valence-corrected chi connectivity index (χ3v) is 7.97. The van der Waals surface area contributed by atoms with Crippen LogP contribution in [0.5, 0.6) is 5.75 Å². The molecular formula is C33H26N2O4S. The lowest BCUT2D eigenvalue weighted by Crippen LogP contribution is -2.39. The second-order valence-corrected chi connectivity index (χ2v) is 10.5. The number of thiazole rings is 1. The fourth-order valence-corrected chi connectivity index (χ4v) is 6.09. The fraction of sp³-hybridized carbons (Fsp3) is 0.121. The number of nitrogens with zero attached hydrogens (tertiary/aromatic N) is 2. The highest BCUT2D eigenvalue weighted by atomic mass is 32.1. The number of fused-ring (bicyclic) bond motifs is 2. The van der Waals surface area contributed by atoms with Crippen LogP contribution >= 0.6 is 11.3 Å². The van der Waals surface area contributed by atoms with Crippen molar-refractivity contribution in [1.82, 2.24) is 4.57 Å². The van der Waals surface area contributed by atoms with Crippen LogP contribution in [0.1, 0.15) is 29.7 Å². The van der Waals surface area contributed by atoms with Gasteiger partial charge in [-0.05, 0) is 41.0 Å². The molecule has 2 heterocycles. The third-order valence-electron chi connectivity index (χ3n) is 6.99. The van der Waals surface area contributed by atoms with Gasteiger partial charge in [-0.25, -0.2) is 9.79 Å².